The Kier molecular flexibility index (Phi) is 9.25. The van der Waals surface area contributed by atoms with E-state index in [4.69, 9.17) is 4.74 Å². The topological polar surface area (TPSA) is 45.7 Å². The second kappa shape index (κ2) is 11.4. The van der Waals surface area contributed by atoms with Crippen LogP contribution in [0.5, 0.6) is 0 Å². The van der Waals surface area contributed by atoms with Crippen LogP contribution >= 0.6 is 24.0 Å². The minimum Gasteiger partial charge on any atom is -0.373 e. The van der Waals surface area contributed by atoms with E-state index in [-0.39, 0.29) is 30.1 Å². The van der Waals surface area contributed by atoms with Crippen LogP contribution in [0.3, 0.4) is 0 Å². The van der Waals surface area contributed by atoms with Crippen molar-refractivity contribution < 1.29 is 4.74 Å². The monoisotopic (exact) mass is 493 g/mol. The molecule has 0 aromatic heterocycles. The number of benzene rings is 2. The van der Waals surface area contributed by atoms with Crippen molar-refractivity contribution in [3.8, 4) is 0 Å². The third-order valence-electron chi connectivity index (χ3n) is 5.27. The van der Waals surface area contributed by atoms with Crippen molar-refractivity contribution in [3.63, 3.8) is 0 Å². The molecule has 152 valence electrons. The fraction of sp³-hybridized carbons (Fsp3) is 0.435. The van der Waals surface area contributed by atoms with E-state index in [0.29, 0.717) is 5.92 Å². The van der Waals surface area contributed by atoms with Crippen molar-refractivity contribution in [1.82, 2.24) is 10.6 Å². The van der Waals surface area contributed by atoms with Gasteiger partial charge < -0.3 is 15.4 Å². The van der Waals surface area contributed by atoms with Gasteiger partial charge in [0.25, 0.3) is 0 Å². The Morgan fingerprint density at radius 3 is 2.61 bits per heavy atom. The van der Waals surface area contributed by atoms with Crippen LogP contribution in [-0.2, 0) is 11.3 Å². The van der Waals surface area contributed by atoms with Crippen molar-refractivity contribution in [2.75, 3.05) is 20.2 Å². The normalized spacial score (nSPS) is 19.6. The number of hydrogen-bond acceptors (Lipinski definition) is 2. The van der Waals surface area contributed by atoms with Gasteiger partial charge in [-0.1, -0.05) is 54.1 Å². The van der Waals surface area contributed by atoms with Gasteiger partial charge in [0.2, 0.25) is 0 Å². The standard InChI is InChI=1S/C23H31N3O.HI/c1-17-11-12-20(18(2)14-17)15-25-23(24-3)26-16-21-10-7-13-27-22(21)19-8-5-4-6-9-19;/h4-6,8-9,11-12,14,21-22H,7,10,13,15-16H2,1-3H3,(H2,24,25,26);1H. The Labute approximate surface area is 186 Å². The SMILES string of the molecule is CN=C(NCc1ccc(C)cc1C)NCC1CCCOC1c1ccccc1.I. The number of rotatable bonds is 5. The van der Waals surface area contributed by atoms with E-state index in [0.717, 1.165) is 32.1 Å². The molecule has 2 N–H and O–H groups in total. The molecule has 5 heteroatoms. The first-order valence-corrected chi connectivity index (χ1v) is 9.84. The summed E-state index contributed by atoms with van der Waals surface area (Å²) < 4.78 is 6.10. The molecule has 0 bridgehead atoms. The van der Waals surface area contributed by atoms with Gasteiger partial charge in [-0.2, -0.15) is 0 Å². The van der Waals surface area contributed by atoms with E-state index in [9.17, 15) is 0 Å². The highest BCUT2D eigenvalue weighted by molar-refractivity contribution is 14.0. The summed E-state index contributed by atoms with van der Waals surface area (Å²) in [6.45, 7) is 6.75. The molecule has 3 rings (SSSR count). The number of ether oxygens (including phenoxy) is 1. The summed E-state index contributed by atoms with van der Waals surface area (Å²) in [5, 5.41) is 6.94. The highest BCUT2D eigenvalue weighted by Crippen LogP contribution is 2.33. The van der Waals surface area contributed by atoms with E-state index >= 15 is 0 Å². The fourth-order valence-electron chi connectivity index (χ4n) is 3.73. The first kappa shape index (κ1) is 22.7. The molecule has 0 amide bonds. The predicted molar refractivity (Wildman–Crippen MR) is 127 cm³/mol. The molecule has 1 heterocycles. The summed E-state index contributed by atoms with van der Waals surface area (Å²) in [5.41, 5.74) is 5.17. The first-order valence-electron chi connectivity index (χ1n) is 9.84. The van der Waals surface area contributed by atoms with Crippen LogP contribution in [0, 0.1) is 19.8 Å². The summed E-state index contributed by atoms with van der Waals surface area (Å²) in [6, 6.07) is 17.1. The van der Waals surface area contributed by atoms with Crippen molar-refractivity contribution >= 4 is 29.9 Å². The predicted octanol–water partition coefficient (Wildman–Crippen LogP) is 4.75. The van der Waals surface area contributed by atoms with Gasteiger partial charge in [-0.15, -0.1) is 24.0 Å². The van der Waals surface area contributed by atoms with Gasteiger partial charge in [-0.25, -0.2) is 0 Å². The van der Waals surface area contributed by atoms with Gasteiger partial charge in [0, 0.05) is 32.7 Å². The number of halogens is 1. The molecule has 2 aromatic carbocycles. The van der Waals surface area contributed by atoms with E-state index < -0.39 is 0 Å². The number of nitrogens with one attached hydrogen (secondary N) is 2. The number of hydrogen-bond donors (Lipinski definition) is 2. The van der Waals surface area contributed by atoms with Gasteiger partial charge in [-0.05, 0) is 43.4 Å². The Bertz CT molecular complexity index is 764. The molecule has 1 aliphatic heterocycles. The fourth-order valence-corrected chi connectivity index (χ4v) is 3.73. The van der Waals surface area contributed by atoms with Crippen LogP contribution in [-0.4, -0.2) is 26.2 Å². The second-order valence-corrected chi connectivity index (χ2v) is 7.34. The lowest BCUT2D eigenvalue weighted by Gasteiger charge is -2.32. The quantitative estimate of drug-likeness (QED) is 0.359. The summed E-state index contributed by atoms with van der Waals surface area (Å²) in [5.74, 6) is 1.29. The first-order chi connectivity index (χ1) is 13.2. The molecular weight excluding hydrogens is 461 g/mol. The number of aryl methyl sites for hydroxylation is 2. The average Bonchev–Trinajstić information content (AvgIpc) is 2.70. The average molecular weight is 493 g/mol. The molecule has 28 heavy (non-hydrogen) atoms. The van der Waals surface area contributed by atoms with Crippen LogP contribution in [0.25, 0.3) is 0 Å². The Hall–Kier alpha value is -1.60. The van der Waals surface area contributed by atoms with Gasteiger partial charge in [0.15, 0.2) is 5.96 Å². The second-order valence-electron chi connectivity index (χ2n) is 7.34. The summed E-state index contributed by atoms with van der Waals surface area (Å²) in [6.07, 6.45) is 2.44. The summed E-state index contributed by atoms with van der Waals surface area (Å²) in [7, 11) is 1.82. The molecule has 0 spiro atoms. The minimum atomic E-state index is 0. The van der Waals surface area contributed by atoms with Crippen LogP contribution < -0.4 is 10.6 Å². The van der Waals surface area contributed by atoms with Crippen LogP contribution in [0.4, 0.5) is 0 Å². The molecule has 0 saturated carbocycles. The molecular formula is C23H32IN3O. The lowest BCUT2D eigenvalue weighted by Crippen LogP contribution is -2.41. The highest BCUT2D eigenvalue weighted by atomic mass is 127. The number of aliphatic imine (C=N–C) groups is 1. The van der Waals surface area contributed by atoms with Gasteiger partial charge >= 0.3 is 0 Å². The van der Waals surface area contributed by atoms with Gasteiger partial charge in [0.05, 0.1) is 6.10 Å². The van der Waals surface area contributed by atoms with E-state index in [1.807, 2.05) is 7.05 Å². The lowest BCUT2D eigenvalue weighted by atomic mass is 9.89. The Balaban J connectivity index is 0.00000280. The molecule has 2 aromatic rings. The van der Waals surface area contributed by atoms with E-state index in [1.165, 1.54) is 28.7 Å². The maximum Gasteiger partial charge on any atom is 0.191 e. The molecule has 0 aliphatic carbocycles. The zero-order valence-corrected chi connectivity index (χ0v) is 19.4. The van der Waals surface area contributed by atoms with E-state index in [1.54, 1.807) is 0 Å². The van der Waals surface area contributed by atoms with Crippen LogP contribution in [0.1, 0.15) is 41.2 Å². The van der Waals surface area contributed by atoms with Gasteiger partial charge in [-0.3, -0.25) is 4.99 Å². The summed E-state index contributed by atoms with van der Waals surface area (Å²) in [4.78, 5) is 4.39. The van der Waals surface area contributed by atoms with Crippen LogP contribution in [0.15, 0.2) is 53.5 Å². The van der Waals surface area contributed by atoms with Crippen molar-refractivity contribution in [2.45, 2.75) is 39.3 Å². The molecule has 1 fully saturated rings. The molecule has 0 radical (unpaired) electrons. The maximum absolute atomic E-state index is 6.10. The lowest BCUT2D eigenvalue weighted by molar-refractivity contribution is -0.0265. The maximum atomic E-state index is 6.10. The third-order valence-corrected chi connectivity index (χ3v) is 5.27. The Morgan fingerprint density at radius 1 is 1.11 bits per heavy atom. The van der Waals surface area contributed by atoms with Crippen molar-refractivity contribution in [3.05, 3.63) is 70.8 Å². The van der Waals surface area contributed by atoms with Crippen molar-refractivity contribution in [1.29, 1.82) is 0 Å². The molecule has 1 aliphatic rings. The number of guanidine groups is 1. The highest BCUT2D eigenvalue weighted by Gasteiger charge is 2.27. The molecule has 4 nitrogen and oxygen atoms in total. The smallest absolute Gasteiger partial charge is 0.191 e. The van der Waals surface area contributed by atoms with E-state index in [2.05, 4.69) is 78.0 Å². The van der Waals surface area contributed by atoms with Crippen LogP contribution in [0.2, 0.25) is 0 Å². The zero-order valence-electron chi connectivity index (χ0n) is 17.1. The Morgan fingerprint density at radius 2 is 1.89 bits per heavy atom. The third kappa shape index (κ3) is 6.21. The largest absolute Gasteiger partial charge is 0.373 e. The molecule has 2 unspecified atom stereocenters. The molecule has 2 atom stereocenters. The number of nitrogens with zero attached hydrogens (tertiary/aromatic N) is 1. The van der Waals surface area contributed by atoms with Gasteiger partial charge in [0.1, 0.15) is 0 Å². The minimum absolute atomic E-state index is 0. The zero-order chi connectivity index (χ0) is 19.1. The molecule has 1 saturated heterocycles. The van der Waals surface area contributed by atoms with Crippen molar-refractivity contribution in [2.24, 2.45) is 10.9 Å². The summed E-state index contributed by atoms with van der Waals surface area (Å²) >= 11 is 0.